The zero-order chi connectivity index (χ0) is 17.9. The molecule has 0 radical (unpaired) electrons. The largest absolute Gasteiger partial charge is 0.360 e. The van der Waals surface area contributed by atoms with Crippen LogP contribution >= 0.6 is 11.3 Å². The van der Waals surface area contributed by atoms with Crippen molar-refractivity contribution in [1.29, 1.82) is 0 Å². The topological polar surface area (TPSA) is 76.3 Å². The van der Waals surface area contributed by atoms with Crippen molar-refractivity contribution in [3.05, 3.63) is 63.9 Å². The lowest BCUT2D eigenvalue weighted by atomic mass is 10.3. The summed E-state index contributed by atoms with van der Waals surface area (Å²) in [6.45, 7) is 3.90. The summed E-state index contributed by atoms with van der Waals surface area (Å²) in [4.78, 5) is 5.38. The third-order valence-corrected chi connectivity index (χ3v) is 6.86. The molecule has 3 aromatic heterocycles. The Labute approximate surface area is 151 Å². The highest BCUT2D eigenvalue weighted by molar-refractivity contribution is 7.89. The van der Waals surface area contributed by atoms with Gasteiger partial charge in [0, 0.05) is 30.4 Å². The van der Waals surface area contributed by atoms with Crippen molar-refractivity contribution in [1.82, 2.24) is 14.4 Å². The molecule has 0 spiro atoms. The quantitative estimate of drug-likeness (QED) is 0.632. The van der Waals surface area contributed by atoms with Crippen LogP contribution in [0.15, 0.2) is 51.5 Å². The van der Waals surface area contributed by atoms with Crippen LogP contribution in [0.3, 0.4) is 0 Å². The number of aromatic nitrogens is 2. The minimum absolute atomic E-state index is 0.155. The van der Waals surface area contributed by atoms with Crippen LogP contribution in [0.25, 0.3) is 0 Å². The second kappa shape index (κ2) is 7.47. The van der Waals surface area contributed by atoms with E-state index in [1.807, 2.05) is 23.6 Å². The van der Waals surface area contributed by atoms with E-state index in [0.29, 0.717) is 24.4 Å². The first kappa shape index (κ1) is 17.8. The van der Waals surface area contributed by atoms with Crippen LogP contribution in [0, 0.1) is 13.8 Å². The van der Waals surface area contributed by atoms with Crippen LogP contribution < -0.4 is 0 Å². The second-order valence-corrected chi connectivity index (χ2v) is 8.59. The van der Waals surface area contributed by atoms with E-state index >= 15 is 0 Å². The summed E-state index contributed by atoms with van der Waals surface area (Å²) in [7, 11) is -3.72. The molecule has 0 bridgehead atoms. The van der Waals surface area contributed by atoms with Gasteiger partial charge in [0.2, 0.25) is 10.0 Å². The van der Waals surface area contributed by atoms with Crippen molar-refractivity contribution in [2.75, 3.05) is 6.54 Å². The summed E-state index contributed by atoms with van der Waals surface area (Å²) in [6, 6.07) is 7.65. The molecule has 0 N–H and O–H groups in total. The van der Waals surface area contributed by atoms with E-state index < -0.39 is 10.0 Å². The first-order chi connectivity index (χ1) is 12.0. The number of rotatable bonds is 7. The molecule has 8 heteroatoms. The van der Waals surface area contributed by atoms with Crippen LogP contribution in [-0.2, 0) is 23.0 Å². The van der Waals surface area contributed by atoms with E-state index in [0.717, 1.165) is 10.4 Å². The van der Waals surface area contributed by atoms with Crippen molar-refractivity contribution in [3.63, 3.8) is 0 Å². The fourth-order valence-electron chi connectivity index (χ4n) is 2.64. The molecular weight excluding hydrogens is 358 g/mol. The summed E-state index contributed by atoms with van der Waals surface area (Å²) in [6.07, 6.45) is 4.00. The maximum atomic E-state index is 13.2. The van der Waals surface area contributed by atoms with Gasteiger partial charge < -0.3 is 4.52 Å². The average molecular weight is 377 g/mol. The van der Waals surface area contributed by atoms with E-state index in [1.165, 1.54) is 4.31 Å². The predicted molar refractivity (Wildman–Crippen MR) is 95.8 cm³/mol. The Morgan fingerprint density at radius 2 is 2.08 bits per heavy atom. The lowest BCUT2D eigenvalue weighted by Crippen LogP contribution is -2.33. The summed E-state index contributed by atoms with van der Waals surface area (Å²) >= 11 is 1.62. The molecular formula is C17H19N3O3S2. The first-order valence-corrected chi connectivity index (χ1v) is 10.1. The number of hydrogen-bond acceptors (Lipinski definition) is 6. The zero-order valence-electron chi connectivity index (χ0n) is 14.0. The zero-order valence-corrected chi connectivity index (χ0v) is 15.7. The van der Waals surface area contributed by atoms with Gasteiger partial charge in [0.15, 0.2) is 5.76 Å². The summed E-state index contributed by atoms with van der Waals surface area (Å²) in [5, 5.41) is 5.78. The van der Waals surface area contributed by atoms with Crippen LogP contribution in [0.1, 0.15) is 21.9 Å². The monoisotopic (exact) mass is 377 g/mol. The Kier molecular flexibility index (Phi) is 5.31. The standard InChI is InChI=1S/C17H19N3O3S2/c1-13-17(14(2)23-19-13)25(21,22)20(9-7-16-6-4-10-24-16)12-15-5-3-8-18-11-15/h3-6,8,10-11H,7,9,12H2,1-2H3. The molecule has 0 aliphatic heterocycles. The summed E-state index contributed by atoms with van der Waals surface area (Å²) in [5.74, 6) is 0.310. The van der Waals surface area contributed by atoms with E-state index in [-0.39, 0.29) is 11.4 Å². The molecule has 0 aliphatic carbocycles. The van der Waals surface area contributed by atoms with Crippen LogP contribution in [0.2, 0.25) is 0 Å². The molecule has 0 atom stereocenters. The Bertz CT molecular complexity index is 900. The van der Waals surface area contributed by atoms with Gasteiger partial charge >= 0.3 is 0 Å². The Morgan fingerprint density at radius 1 is 1.24 bits per heavy atom. The van der Waals surface area contributed by atoms with Gasteiger partial charge in [0.1, 0.15) is 10.6 Å². The van der Waals surface area contributed by atoms with Crippen LogP contribution in [0.4, 0.5) is 0 Å². The molecule has 3 aromatic rings. The van der Waals surface area contributed by atoms with Crippen molar-refractivity contribution < 1.29 is 12.9 Å². The molecule has 0 saturated carbocycles. The average Bonchev–Trinajstić information content (AvgIpc) is 3.22. The van der Waals surface area contributed by atoms with Gasteiger partial charge in [0.25, 0.3) is 0 Å². The number of nitrogens with zero attached hydrogens (tertiary/aromatic N) is 3. The van der Waals surface area contributed by atoms with Crippen molar-refractivity contribution in [3.8, 4) is 0 Å². The first-order valence-electron chi connectivity index (χ1n) is 7.83. The molecule has 0 amide bonds. The van der Waals surface area contributed by atoms with Gasteiger partial charge in [-0.25, -0.2) is 8.42 Å². The van der Waals surface area contributed by atoms with Gasteiger partial charge in [-0.2, -0.15) is 4.31 Å². The van der Waals surface area contributed by atoms with Gasteiger partial charge in [-0.15, -0.1) is 11.3 Å². The SMILES string of the molecule is Cc1noc(C)c1S(=O)(=O)N(CCc1cccs1)Cc1cccnc1. The number of thiophene rings is 1. The van der Waals surface area contributed by atoms with Gasteiger partial charge in [-0.1, -0.05) is 17.3 Å². The number of pyridine rings is 1. The highest BCUT2D eigenvalue weighted by Crippen LogP contribution is 2.25. The molecule has 25 heavy (non-hydrogen) atoms. The third kappa shape index (κ3) is 3.97. The second-order valence-electron chi connectivity index (χ2n) is 5.68. The van der Waals surface area contributed by atoms with E-state index in [2.05, 4.69) is 10.1 Å². The molecule has 0 saturated heterocycles. The highest BCUT2D eigenvalue weighted by atomic mass is 32.2. The predicted octanol–water partition coefficient (Wildman–Crippen LogP) is 3.18. The van der Waals surface area contributed by atoms with Crippen molar-refractivity contribution in [2.24, 2.45) is 0 Å². The van der Waals surface area contributed by atoms with Gasteiger partial charge in [0.05, 0.1) is 0 Å². The molecule has 3 rings (SSSR count). The molecule has 3 heterocycles. The summed E-state index contributed by atoms with van der Waals surface area (Å²) < 4.78 is 33.0. The fraction of sp³-hybridized carbons (Fsp3) is 0.294. The summed E-state index contributed by atoms with van der Waals surface area (Å²) in [5.41, 5.74) is 1.22. The van der Waals surface area contributed by atoms with Crippen LogP contribution in [-0.4, -0.2) is 29.4 Å². The lowest BCUT2D eigenvalue weighted by molar-refractivity contribution is 0.387. The molecule has 6 nitrogen and oxygen atoms in total. The van der Waals surface area contributed by atoms with E-state index in [9.17, 15) is 8.42 Å². The lowest BCUT2D eigenvalue weighted by Gasteiger charge is -2.21. The number of hydrogen-bond donors (Lipinski definition) is 0. The molecule has 132 valence electrons. The van der Waals surface area contributed by atoms with Gasteiger partial charge in [-0.05, 0) is 43.3 Å². The third-order valence-electron chi connectivity index (χ3n) is 3.84. The molecule has 0 aromatic carbocycles. The molecule has 0 aliphatic rings. The minimum Gasteiger partial charge on any atom is -0.360 e. The van der Waals surface area contributed by atoms with Crippen molar-refractivity contribution in [2.45, 2.75) is 31.7 Å². The van der Waals surface area contributed by atoms with Crippen molar-refractivity contribution >= 4 is 21.4 Å². The maximum Gasteiger partial charge on any atom is 0.248 e. The van der Waals surface area contributed by atoms with E-state index in [4.69, 9.17) is 4.52 Å². The normalized spacial score (nSPS) is 12.0. The minimum atomic E-state index is -3.72. The fourth-order valence-corrected chi connectivity index (χ4v) is 5.06. The Balaban J connectivity index is 1.91. The maximum absolute atomic E-state index is 13.2. The smallest absolute Gasteiger partial charge is 0.248 e. The van der Waals surface area contributed by atoms with Gasteiger partial charge in [-0.3, -0.25) is 4.98 Å². The molecule has 0 fully saturated rings. The Morgan fingerprint density at radius 3 is 2.68 bits per heavy atom. The number of aryl methyl sites for hydroxylation is 2. The molecule has 0 unspecified atom stereocenters. The number of sulfonamides is 1. The van der Waals surface area contributed by atoms with Crippen LogP contribution in [0.5, 0.6) is 0 Å². The van der Waals surface area contributed by atoms with E-state index in [1.54, 1.807) is 43.6 Å². The Hall–Kier alpha value is -2.03. The highest BCUT2D eigenvalue weighted by Gasteiger charge is 2.31.